The fraction of sp³-hybridized carbons (Fsp3) is 0.400. The van der Waals surface area contributed by atoms with Gasteiger partial charge in [-0.2, -0.15) is 0 Å². The number of nitro benzene ring substituents is 1. The molecule has 1 amide bonds. The first-order valence-corrected chi connectivity index (χ1v) is 6.98. The summed E-state index contributed by atoms with van der Waals surface area (Å²) in [6.07, 6.45) is 6.21. The maximum atomic E-state index is 12.5. The molecular weight excluding hydrogens is 272 g/mol. The standard InChI is InChI=1S/C15H16N2O4/c18-14-6-5-12(17(20)21)7-13(14)15(19)16-8-10-3-1-2-4-11(10)9-16/h1-2,5-7,10-11,18H,3-4,8-9H2. The summed E-state index contributed by atoms with van der Waals surface area (Å²) < 4.78 is 0. The van der Waals surface area contributed by atoms with Crippen LogP contribution >= 0.6 is 0 Å². The first-order chi connectivity index (χ1) is 10.1. The molecule has 1 fully saturated rings. The SMILES string of the molecule is O=C(c1cc([N+](=O)[O-])ccc1O)N1CC2CC=CCC2C1. The van der Waals surface area contributed by atoms with Crippen molar-refractivity contribution < 1.29 is 14.8 Å². The van der Waals surface area contributed by atoms with Crippen molar-refractivity contribution in [2.75, 3.05) is 13.1 Å². The zero-order valence-electron chi connectivity index (χ0n) is 11.4. The molecular formula is C15H16N2O4. The number of fused-ring (bicyclic) bond motifs is 1. The summed E-state index contributed by atoms with van der Waals surface area (Å²) in [5.41, 5.74) is -0.176. The van der Waals surface area contributed by atoms with E-state index in [0.717, 1.165) is 18.9 Å². The minimum atomic E-state index is -0.566. The van der Waals surface area contributed by atoms with E-state index in [1.165, 1.54) is 12.1 Å². The van der Waals surface area contributed by atoms with Gasteiger partial charge in [-0.1, -0.05) is 12.2 Å². The summed E-state index contributed by atoms with van der Waals surface area (Å²) in [5, 5.41) is 20.6. The van der Waals surface area contributed by atoms with E-state index in [2.05, 4.69) is 12.2 Å². The highest BCUT2D eigenvalue weighted by Gasteiger charge is 2.36. The molecule has 1 aromatic carbocycles. The highest BCUT2D eigenvalue weighted by Crippen LogP contribution is 2.34. The van der Waals surface area contributed by atoms with Gasteiger partial charge in [-0.05, 0) is 30.7 Å². The van der Waals surface area contributed by atoms with Crippen LogP contribution in [0.2, 0.25) is 0 Å². The van der Waals surface area contributed by atoms with Gasteiger partial charge in [0.2, 0.25) is 0 Å². The Kier molecular flexibility index (Phi) is 3.37. The number of aromatic hydroxyl groups is 1. The lowest BCUT2D eigenvalue weighted by molar-refractivity contribution is -0.384. The van der Waals surface area contributed by atoms with Crippen LogP contribution in [0.5, 0.6) is 5.75 Å². The van der Waals surface area contributed by atoms with Crippen molar-refractivity contribution in [1.82, 2.24) is 4.90 Å². The molecule has 2 atom stereocenters. The van der Waals surface area contributed by atoms with E-state index in [4.69, 9.17) is 0 Å². The van der Waals surface area contributed by atoms with E-state index in [-0.39, 0.29) is 22.9 Å². The molecule has 0 saturated carbocycles. The number of nitro groups is 1. The second-order valence-corrected chi connectivity index (χ2v) is 5.63. The number of phenolic OH excluding ortho intramolecular Hbond substituents is 1. The smallest absolute Gasteiger partial charge is 0.270 e. The molecule has 1 aliphatic carbocycles. The maximum absolute atomic E-state index is 12.5. The van der Waals surface area contributed by atoms with Gasteiger partial charge in [0.1, 0.15) is 5.75 Å². The Balaban J connectivity index is 1.83. The Labute approximate surface area is 121 Å². The number of phenols is 1. The Morgan fingerprint density at radius 2 is 1.86 bits per heavy atom. The second kappa shape index (κ2) is 5.20. The van der Waals surface area contributed by atoms with Gasteiger partial charge in [0, 0.05) is 25.2 Å². The number of rotatable bonds is 2. The molecule has 1 aromatic rings. The van der Waals surface area contributed by atoms with Crippen LogP contribution in [0.3, 0.4) is 0 Å². The number of nitrogens with zero attached hydrogens (tertiary/aromatic N) is 2. The van der Waals surface area contributed by atoms with Gasteiger partial charge in [0.25, 0.3) is 11.6 Å². The first kappa shape index (κ1) is 13.6. The topological polar surface area (TPSA) is 83.7 Å². The van der Waals surface area contributed by atoms with E-state index in [1.807, 2.05) is 0 Å². The van der Waals surface area contributed by atoms with Gasteiger partial charge in [0.05, 0.1) is 10.5 Å². The van der Waals surface area contributed by atoms with Gasteiger partial charge >= 0.3 is 0 Å². The lowest BCUT2D eigenvalue weighted by Crippen LogP contribution is -2.29. The molecule has 110 valence electrons. The van der Waals surface area contributed by atoms with Crippen molar-refractivity contribution in [3.63, 3.8) is 0 Å². The highest BCUT2D eigenvalue weighted by molar-refractivity contribution is 5.97. The molecule has 0 bridgehead atoms. The van der Waals surface area contributed by atoms with Gasteiger partial charge in [-0.3, -0.25) is 14.9 Å². The normalized spacial score (nSPS) is 23.9. The monoisotopic (exact) mass is 288 g/mol. The minimum Gasteiger partial charge on any atom is -0.507 e. The third kappa shape index (κ3) is 2.49. The molecule has 1 heterocycles. The number of amides is 1. The van der Waals surface area contributed by atoms with Crippen LogP contribution in [-0.2, 0) is 0 Å². The Bertz CT molecular complexity index is 610. The highest BCUT2D eigenvalue weighted by atomic mass is 16.6. The van der Waals surface area contributed by atoms with Crippen LogP contribution in [0.4, 0.5) is 5.69 Å². The fourth-order valence-electron chi connectivity index (χ4n) is 3.16. The minimum absolute atomic E-state index is 0.0100. The summed E-state index contributed by atoms with van der Waals surface area (Å²) in [4.78, 5) is 24.4. The molecule has 2 unspecified atom stereocenters. The molecule has 3 rings (SSSR count). The number of allylic oxidation sites excluding steroid dienone is 2. The third-order valence-corrected chi connectivity index (χ3v) is 4.33. The van der Waals surface area contributed by atoms with E-state index >= 15 is 0 Å². The first-order valence-electron chi connectivity index (χ1n) is 6.98. The zero-order chi connectivity index (χ0) is 15.0. The number of non-ortho nitro benzene ring substituents is 1. The van der Waals surface area contributed by atoms with Crippen molar-refractivity contribution >= 4 is 11.6 Å². The Morgan fingerprint density at radius 3 is 2.43 bits per heavy atom. The van der Waals surface area contributed by atoms with Crippen LogP contribution in [0.15, 0.2) is 30.4 Å². The molecule has 1 N–H and O–H groups in total. The number of carbonyl (C=O) groups is 1. The third-order valence-electron chi connectivity index (χ3n) is 4.33. The number of carbonyl (C=O) groups excluding carboxylic acids is 1. The van der Waals surface area contributed by atoms with Crippen LogP contribution in [0.25, 0.3) is 0 Å². The number of likely N-dealkylation sites (tertiary alicyclic amines) is 1. The summed E-state index contributed by atoms with van der Waals surface area (Å²) in [7, 11) is 0. The van der Waals surface area contributed by atoms with Gasteiger partial charge in [-0.15, -0.1) is 0 Å². The Morgan fingerprint density at radius 1 is 1.24 bits per heavy atom. The van der Waals surface area contributed by atoms with Crippen molar-refractivity contribution in [1.29, 1.82) is 0 Å². The molecule has 1 aliphatic heterocycles. The largest absolute Gasteiger partial charge is 0.507 e. The van der Waals surface area contributed by atoms with Crippen LogP contribution < -0.4 is 0 Å². The van der Waals surface area contributed by atoms with Crippen LogP contribution in [-0.4, -0.2) is 33.9 Å². The predicted octanol–water partition coefficient (Wildman–Crippen LogP) is 2.34. The lowest BCUT2D eigenvalue weighted by Gasteiger charge is -2.17. The summed E-state index contributed by atoms with van der Waals surface area (Å²) in [6.45, 7) is 1.30. The summed E-state index contributed by atoms with van der Waals surface area (Å²) in [6, 6.07) is 3.55. The summed E-state index contributed by atoms with van der Waals surface area (Å²) in [5.74, 6) is 0.378. The van der Waals surface area contributed by atoms with Crippen LogP contribution in [0.1, 0.15) is 23.2 Å². The van der Waals surface area contributed by atoms with Crippen LogP contribution in [0, 0.1) is 22.0 Å². The van der Waals surface area contributed by atoms with Gasteiger partial charge in [-0.25, -0.2) is 0 Å². The molecule has 6 heteroatoms. The fourth-order valence-corrected chi connectivity index (χ4v) is 3.16. The average Bonchev–Trinajstić information content (AvgIpc) is 2.90. The lowest BCUT2D eigenvalue weighted by atomic mass is 9.86. The van der Waals surface area contributed by atoms with Crippen molar-refractivity contribution in [2.24, 2.45) is 11.8 Å². The maximum Gasteiger partial charge on any atom is 0.270 e. The molecule has 0 radical (unpaired) electrons. The van der Waals surface area contributed by atoms with E-state index < -0.39 is 4.92 Å². The van der Waals surface area contributed by atoms with Gasteiger partial charge in [0.15, 0.2) is 0 Å². The quantitative estimate of drug-likeness (QED) is 0.514. The number of hydrogen-bond acceptors (Lipinski definition) is 4. The van der Waals surface area contributed by atoms with E-state index in [9.17, 15) is 20.0 Å². The average molecular weight is 288 g/mol. The number of hydrogen-bond donors (Lipinski definition) is 1. The zero-order valence-corrected chi connectivity index (χ0v) is 11.4. The summed E-state index contributed by atoms with van der Waals surface area (Å²) >= 11 is 0. The molecule has 21 heavy (non-hydrogen) atoms. The molecule has 2 aliphatic rings. The van der Waals surface area contributed by atoms with Gasteiger partial charge < -0.3 is 10.0 Å². The van der Waals surface area contributed by atoms with Crippen molar-refractivity contribution in [3.8, 4) is 5.75 Å². The molecule has 0 spiro atoms. The van der Waals surface area contributed by atoms with E-state index in [1.54, 1.807) is 4.90 Å². The second-order valence-electron chi connectivity index (χ2n) is 5.63. The predicted molar refractivity (Wildman–Crippen MR) is 76.0 cm³/mol. The number of benzene rings is 1. The van der Waals surface area contributed by atoms with E-state index in [0.29, 0.717) is 24.9 Å². The van der Waals surface area contributed by atoms with Crippen molar-refractivity contribution in [3.05, 3.63) is 46.0 Å². The molecule has 0 aromatic heterocycles. The van der Waals surface area contributed by atoms with Crippen molar-refractivity contribution in [2.45, 2.75) is 12.8 Å². The molecule has 6 nitrogen and oxygen atoms in total. The molecule has 1 saturated heterocycles. The Hall–Kier alpha value is -2.37.